The van der Waals surface area contributed by atoms with Crippen molar-refractivity contribution in [1.29, 1.82) is 0 Å². The van der Waals surface area contributed by atoms with Gasteiger partial charge in [-0.3, -0.25) is 15.2 Å². The van der Waals surface area contributed by atoms with Gasteiger partial charge in [-0.15, -0.1) is 0 Å². The molecule has 1 aromatic heterocycles. The fourth-order valence-corrected chi connectivity index (χ4v) is 1.97. The smallest absolute Gasteiger partial charge is 0.272 e. The van der Waals surface area contributed by atoms with Crippen molar-refractivity contribution in [2.24, 2.45) is 0 Å². The van der Waals surface area contributed by atoms with E-state index in [1.807, 2.05) is 6.07 Å². The van der Waals surface area contributed by atoms with Crippen molar-refractivity contribution >= 4 is 5.69 Å². The molecule has 0 aliphatic rings. The lowest BCUT2D eigenvalue weighted by molar-refractivity contribution is -0.385. The highest BCUT2D eigenvalue weighted by Crippen LogP contribution is 2.27. The van der Waals surface area contributed by atoms with E-state index < -0.39 is 0 Å². The molecule has 0 saturated carbocycles. The average molecular weight is 274 g/mol. The van der Waals surface area contributed by atoms with Crippen LogP contribution in [0, 0.1) is 17.0 Å². The lowest BCUT2D eigenvalue weighted by Crippen LogP contribution is -2.21. The van der Waals surface area contributed by atoms with Gasteiger partial charge in [-0.1, -0.05) is 26.0 Å². The Labute approximate surface area is 117 Å². The predicted octanol–water partition coefficient (Wildman–Crippen LogP) is 2.79. The molecule has 0 amide bonds. The Morgan fingerprint density at radius 3 is 2.85 bits per heavy atom. The summed E-state index contributed by atoms with van der Waals surface area (Å²) >= 11 is 0. The average Bonchev–Trinajstić information content (AvgIpc) is 2.85. The molecular weight excluding hydrogens is 256 g/mol. The topological polar surface area (TPSA) is 83.8 Å². The molecule has 0 unspecified atom stereocenters. The molecule has 1 heterocycles. The second kappa shape index (κ2) is 5.83. The summed E-state index contributed by atoms with van der Waals surface area (Å²) in [4.78, 5) is 10.7. The van der Waals surface area contributed by atoms with Crippen LogP contribution in [-0.2, 0) is 6.54 Å². The van der Waals surface area contributed by atoms with Gasteiger partial charge in [-0.05, 0) is 6.92 Å². The van der Waals surface area contributed by atoms with Crippen LogP contribution in [0.5, 0.6) is 0 Å². The fraction of sp³-hybridized carbons (Fsp3) is 0.357. The van der Waals surface area contributed by atoms with Crippen LogP contribution < -0.4 is 5.32 Å². The molecule has 0 atom stereocenters. The Kier molecular flexibility index (Phi) is 4.14. The van der Waals surface area contributed by atoms with Crippen LogP contribution in [0.15, 0.2) is 24.4 Å². The molecule has 106 valence electrons. The number of aromatic nitrogens is 2. The van der Waals surface area contributed by atoms with Gasteiger partial charge in [0, 0.05) is 35.3 Å². The number of aromatic amines is 1. The van der Waals surface area contributed by atoms with Gasteiger partial charge >= 0.3 is 0 Å². The lowest BCUT2D eigenvalue weighted by Gasteiger charge is -2.08. The molecule has 0 radical (unpaired) electrons. The number of nitrogens with one attached hydrogen (secondary N) is 2. The largest absolute Gasteiger partial charge is 0.310 e. The maximum Gasteiger partial charge on any atom is 0.272 e. The van der Waals surface area contributed by atoms with Crippen LogP contribution in [0.4, 0.5) is 5.69 Å². The van der Waals surface area contributed by atoms with Crippen molar-refractivity contribution in [2.45, 2.75) is 33.4 Å². The number of nitrogens with zero attached hydrogens (tertiary/aromatic N) is 2. The lowest BCUT2D eigenvalue weighted by atomic mass is 10.0. The number of nitro groups is 1. The van der Waals surface area contributed by atoms with Gasteiger partial charge in [0.1, 0.15) is 0 Å². The van der Waals surface area contributed by atoms with Crippen LogP contribution in [0.2, 0.25) is 0 Å². The fourth-order valence-electron chi connectivity index (χ4n) is 1.97. The summed E-state index contributed by atoms with van der Waals surface area (Å²) in [6.45, 7) is 6.54. The van der Waals surface area contributed by atoms with Gasteiger partial charge in [-0.2, -0.15) is 5.10 Å². The summed E-state index contributed by atoms with van der Waals surface area (Å²) in [5.41, 5.74) is 3.37. The zero-order valence-electron chi connectivity index (χ0n) is 11.8. The van der Waals surface area contributed by atoms with E-state index in [1.165, 1.54) is 0 Å². The number of benzene rings is 1. The number of hydrogen-bond donors (Lipinski definition) is 2. The first kappa shape index (κ1) is 14.2. The van der Waals surface area contributed by atoms with Crippen molar-refractivity contribution < 1.29 is 4.92 Å². The van der Waals surface area contributed by atoms with Gasteiger partial charge < -0.3 is 5.32 Å². The van der Waals surface area contributed by atoms with E-state index in [0.29, 0.717) is 18.2 Å². The van der Waals surface area contributed by atoms with Crippen molar-refractivity contribution in [2.75, 3.05) is 0 Å². The Morgan fingerprint density at radius 2 is 2.20 bits per heavy atom. The summed E-state index contributed by atoms with van der Waals surface area (Å²) < 4.78 is 0. The molecule has 20 heavy (non-hydrogen) atoms. The standard InChI is InChI=1S/C14H18N4O2/c1-9(2)15-7-12-8-16-17-14(12)11-5-4-10(3)13(6-11)18(19)20/h4-6,8-9,15H,7H2,1-3H3,(H,16,17). The van der Waals surface area contributed by atoms with Gasteiger partial charge in [0.05, 0.1) is 16.8 Å². The third-order valence-electron chi connectivity index (χ3n) is 3.11. The predicted molar refractivity (Wildman–Crippen MR) is 77.4 cm³/mol. The molecule has 0 aliphatic carbocycles. The highest BCUT2D eigenvalue weighted by atomic mass is 16.6. The van der Waals surface area contributed by atoms with Crippen LogP contribution in [0.3, 0.4) is 0 Å². The van der Waals surface area contributed by atoms with Crippen molar-refractivity contribution in [3.05, 3.63) is 45.6 Å². The molecule has 0 bridgehead atoms. The molecule has 0 aliphatic heterocycles. The minimum atomic E-state index is -0.360. The zero-order chi connectivity index (χ0) is 14.7. The Morgan fingerprint density at radius 1 is 1.45 bits per heavy atom. The van der Waals surface area contributed by atoms with E-state index in [0.717, 1.165) is 16.8 Å². The van der Waals surface area contributed by atoms with Crippen molar-refractivity contribution in [3.8, 4) is 11.3 Å². The molecule has 2 N–H and O–H groups in total. The molecule has 1 aromatic carbocycles. The summed E-state index contributed by atoms with van der Waals surface area (Å²) in [6.07, 6.45) is 1.75. The van der Waals surface area contributed by atoms with E-state index in [9.17, 15) is 10.1 Å². The number of aryl methyl sites for hydroxylation is 1. The molecule has 0 spiro atoms. The first-order chi connectivity index (χ1) is 9.49. The van der Waals surface area contributed by atoms with Crippen LogP contribution in [0.25, 0.3) is 11.3 Å². The number of hydrogen-bond acceptors (Lipinski definition) is 4. The molecule has 2 aromatic rings. The van der Waals surface area contributed by atoms with Crippen LogP contribution in [-0.4, -0.2) is 21.2 Å². The van der Waals surface area contributed by atoms with E-state index in [4.69, 9.17) is 0 Å². The van der Waals surface area contributed by atoms with Gasteiger partial charge in [0.2, 0.25) is 0 Å². The minimum absolute atomic E-state index is 0.125. The molecule has 6 heteroatoms. The van der Waals surface area contributed by atoms with E-state index in [2.05, 4.69) is 29.4 Å². The molecule has 0 saturated heterocycles. The normalized spacial score (nSPS) is 11.0. The maximum atomic E-state index is 11.0. The van der Waals surface area contributed by atoms with E-state index >= 15 is 0 Å². The van der Waals surface area contributed by atoms with Gasteiger partial charge in [-0.25, -0.2) is 0 Å². The third kappa shape index (κ3) is 3.03. The number of H-pyrrole nitrogens is 1. The second-order valence-corrected chi connectivity index (χ2v) is 5.06. The maximum absolute atomic E-state index is 11.0. The highest BCUT2D eigenvalue weighted by Gasteiger charge is 2.15. The zero-order valence-corrected chi connectivity index (χ0v) is 11.8. The first-order valence-electron chi connectivity index (χ1n) is 6.50. The van der Waals surface area contributed by atoms with E-state index in [1.54, 1.807) is 25.3 Å². The van der Waals surface area contributed by atoms with Gasteiger partial charge in [0.15, 0.2) is 0 Å². The molecule has 2 rings (SSSR count). The molecule has 0 fully saturated rings. The van der Waals surface area contributed by atoms with E-state index in [-0.39, 0.29) is 10.6 Å². The first-order valence-corrected chi connectivity index (χ1v) is 6.50. The van der Waals surface area contributed by atoms with Crippen LogP contribution in [0.1, 0.15) is 25.0 Å². The summed E-state index contributed by atoms with van der Waals surface area (Å²) in [5, 5.41) is 21.3. The Bertz CT molecular complexity index is 619. The Hall–Kier alpha value is -2.21. The van der Waals surface area contributed by atoms with Crippen molar-refractivity contribution in [1.82, 2.24) is 15.5 Å². The summed E-state index contributed by atoms with van der Waals surface area (Å²) in [5.74, 6) is 0. The minimum Gasteiger partial charge on any atom is -0.310 e. The monoisotopic (exact) mass is 274 g/mol. The number of nitro benzene ring substituents is 1. The number of rotatable bonds is 5. The third-order valence-corrected chi connectivity index (χ3v) is 3.11. The van der Waals surface area contributed by atoms with Crippen LogP contribution >= 0.6 is 0 Å². The highest BCUT2D eigenvalue weighted by molar-refractivity contribution is 5.66. The Balaban J connectivity index is 2.35. The summed E-state index contributed by atoms with van der Waals surface area (Å²) in [7, 11) is 0. The molecule has 6 nitrogen and oxygen atoms in total. The molecular formula is C14H18N4O2. The second-order valence-electron chi connectivity index (χ2n) is 5.06. The van der Waals surface area contributed by atoms with Crippen molar-refractivity contribution in [3.63, 3.8) is 0 Å². The quantitative estimate of drug-likeness (QED) is 0.648. The SMILES string of the molecule is Cc1ccc(-c2[nH]ncc2CNC(C)C)cc1[N+](=O)[O-]. The summed E-state index contributed by atoms with van der Waals surface area (Å²) in [6, 6.07) is 5.58. The van der Waals surface area contributed by atoms with Gasteiger partial charge in [0.25, 0.3) is 5.69 Å².